The minimum absolute atomic E-state index is 0.0986. The molecule has 0 aliphatic heterocycles. The van der Waals surface area contributed by atoms with Crippen LogP contribution in [0, 0.1) is 0 Å². The van der Waals surface area contributed by atoms with Crippen molar-refractivity contribution in [2.45, 2.75) is 19.3 Å². The van der Waals surface area contributed by atoms with Crippen molar-refractivity contribution in [1.82, 2.24) is 25.6 Å². The second kappa shape index (κ2) is 7.69. The number of nitrogens with zero attached hydrogens (tertiary/aromatic N) is 4. The molecule has 9 heteroatoms. The van der Waals surface area contributed by atoms with Gasteiger partial charge in [0.1, 0.15) is 5.76 Å². The molecule has 0 atom stereocenters. The van der Waals surface area contributed by atoms with Crippen molar-refractivity contribution in [3.8, 4) is 11.5 Å². The van der Waals surface area contributed by atoms with E-state index in [1.807, 2.05) is 6.07 Å². The van der Waals surface area contributed by atoms with Gasteiger partial charge in [-0.25, -0.2) is 0 Å². The summed E-state index contributed by atoms with van der Waals surface area (Å²) in [5, 5.41) is 10.5. The minimum atomic E-state index is -0.0986. The van der Waals surface area contributed by atoms with Crippen LogP contribution in [0.4, 0.5) is 0 Å². The number of aryl methyl sites for hydroxylation is 1. The van der Waals surface area contributed by atoms with E-state index in [1.165, 1.54) is 0 Å². The van der Waals surface area contributed by atoms with Gasteiger partial charge >= 0.3 is 0 Å². The molecule has 0 fully saturated rings. The summed E-state index contributed by atoms with van der Waals surface area (Å²) in [5.74, 6) is 1.41. The number of carbonyl (C=O) groups is 1. The molecule has 0 saturated heterocycles. The normalized spacial score (nSPS) is 10.7. The first-order valence-electron chi connectivity index (χ1n) is 7.31. The molecule has 124 valence electrons. The van der Waals surface area contributed by atoms with E-state index in [0.29, 0.717) is 43.3 Å². The van der Waals surface area contributed by atoms with Crippen LogP contribution in [0.5, 0.6) is 0 Å². The number of carbonyl (C=O) groups excluding carboxylic acids is 1. The van der Waals surface area contributed by atoms with Crippen LogP contribution in [0.3, 0.4) is 0 Å². The van der Waals surface area contributed by atoms with Gasteiger partial charge in [0.25, 0.3) is 5.89 Å². The van der Waals surface area contributed by atoms with Gasteiger partial charge in [-0.15, -0.1) is 0 Å². The quantitative estimate of drug-likeness (QED) is 0.697. The van der Waals surface area contributed by atoms with E-state index in [0.717, 1.165) is 5.56 Å². The maximum atomic E-state index is 11.8. The number of hydrogen-bond acceptors (Lipinski definition) is 7. The van der Waals surface area contributed by atoms with Crippen molar-refractivity contribution in [2.24, 2.45) is 0 Å². The number of nitrogens with one attached hydrogen (secondary N) is 1. The molecule has 0 aromatic carbocycles. The maximum Gasteiger partial charge on any atom is 0.259 e. The Kier molecular flexibility index (Phi) is 5.17. The molecule has 3 heterocycles. The van der Waals surface area contributed by atoms with Crippen molar-refractivity contribution < 1.29 is 13.8 Å². The first kappa shape index (κ1) is 16.1. The van der Waals surface area contributed by atoms with Gasteiger partial charge in [0.2, 0.25) is 5.91 Å². The molecule has 0 aliphatic carbocycles. The van der Waals surface area contributed by atoms with E-state index in [2.05, 4.69) is 25.6 Å². The topological polar surface area (TPSA) is 107 Å². The Labute approximate surface area is 142 Å². The summed E-state index contributed by atoms with van der Waals surface area (Å²) in [6, 6.07) is 5.22. The Bertz CT molecular complexity index is 802. The lowest BCUT2D eigenvalue weighted by Gasteiger charge is -2.01. The summed E-state index contributed by atoms with van der Waals surface area (Å²) >= 11 is 5.64. The third kappa shape index (κ3) is 4.39. The van der Waals surface area contributed by atoms with Gasteiger partial charge in [0.05, 0.1) is 5.56 Å². The minimum Gasteiger partial charge on any atom is -0.360 e. The zero-order chi connectivity index (χ0) is 16.8. The molecule has 0 saturated carbocycles. The molecule has 0 unspecified atom stereocenters. The maximum absolute atomic E-state index is 11.8. The molecule has 0 spiro atoms. The van der Waals surface area contributed by atoms with Crippen LogP contribution in [0.2, 0.25) is 5.15 Å². The molecule has 3 aromatic rings. The van der Waals surface area contributed by atoms with E-state index >= 15 is 0 Å². The molecule has 0 bridgehead atoms. The highest BCUT2D eigenvalue weighted by Crippen LogP contribution is 2.15. The lowest BCUT2D eigenvalue weighted by atomic mass is 10.2. The van der Waals surface area contributed by atoms with Crippen molar-refractivity contribution in [3.05, 3.63) is 47.3 Å². The molecule has 3 rings (SSSR count). The molecule has 0 radical (unpaired) electrons. The fourth-order valence-electron chi connectivity index (χ4n) is 2.01. The Balaban J connectivity index is 1.41. The van der Waals surface area contributed by atoms with Gasteiger partial charge in [-0.3, -0.25) is 9.78 Å². The van der Waals surface area contributed by atoms with E-state index in [9.17, 15) is 4.79 Å². The molecule has 24 heavy (non-hydrogen) atoms. The standard InChI is InChI=1S/C15H14ClN5O3/c16-12-8-11(23-20-12)3-4-14(22)18-7-5-13-19-15(24-21-13)10-2-1-6-17-9-10/h1-2,6,8-9H,3-5,7H2,(H,18,22). The largest absolute Gasteiger partial charge is 0.360 e. The van der Waals surface area contributed by atoms with Gasteiger partial charge in [-0.1, -0.05) is 21.9 Å². The average Bonchev–Trinajstić information content (AvgIpc) is 3.23. The van der Waals surface area contributed by atoms with Gasteiger partial charge in [-0.05, 0) is 12.1 Å². The van der Waals surface area contributed by atoms with Crippen LogP contribution in [-0.2, 0) is 17.6 Å². The van der Waals surface area contributed by atoms with E-state index in [4.69, 9.17) is 20.6 Å². The highest BCUT2D eigenvalue weighted by Gasteiger charge is 2.10. The van der Waals surface area contributed by atoms with Crippen LogP contribution >= 0.6 is 11.6 Å². The van der Waals surface area contributed by atoms with Crippen LogP contribution in [0.1, 0.15) is 18.0 Å². The van der Waals surface area contributed by atoms with Gasteiger partial charge in [-0.2, -0.15) is 4.98 Å². The third-order valence-corrected chi connectivity index (χ3v) is 3.35. The second-order valence-electron chi connectivity index (χ2n) is 4.97. The molecule has 1 N–H and O–H groups in total. The van der Waals surface area contributed by atoms with Crippen LogP contribution in [0.15, 0.2) is 39.6 Å². The average molecular weight is 348 g/mol. The second-order valence-corrected chi connectivity index (χ2v) is 5.36. The van der Waals surface area contributed by atoms with Gasteiger partial charge in [0, 0.05) is 44.3 Å². The molecular weight excluding hydrogens is 334 g/mol. The molecule has 1 amide bonds. The first-order valence-corrected chi connectivity index (χ1v) is 7.69. The fourth-order valence-corrected chi connectivity index (χ4v) is 2.16. The molecule has 0 aliphatic rings. The van der Waals surface area contributed by atoms with Crippen LogP contribution in [-0.4, -0.2) is 32.7 Å². The highest BCUT2D eigenvalue weighted by molar-refractivity contribution is 6.29. The van der Waals surface area contributed by atoms with Crippen molar-refractivity contribution >= 4 is 17.5 Å². The van der Waals surface area contributed by atoms with Crippen molar-refractivity contribution in [1.29, 1.82) is 0 Å². The highest BCUT2D eigenvalue weighted by atomic mass is 35.5. The predicted octanol–water partition coefficient (Wildman–Crippen LogP) is 2.06. The number of amides is 1. The lowest BCUT2D eigenvalue weighted by Crippen LogP contribution is -2.26. The molecule has 3 aromatic heterocycles. The Morgan fingerprint density at radius 1 is 1.25 bits per heavy atom. The van der Waals surface area contributed by atoms with Crippen molar-refractivity contribution in [3.63, 3.8) is 0 Å². The Morgan fingerprint density at radius 3 is 2.92 bits per heavy atom. The molecular formula is C15H14ClN5O3. The monoisotopic (exact) mass is 347 g/mol. The SMILES string of the molecule is O=C(CCc1cc(Cl)no1)NCCc1noc(-c2cccnc2)n1. The number of rotatable bonds is 7. The Hall–Kier alpha value is -2.74. The zero-order valence-electron chi connectivity index (χ0n) is 12.6. The van der Waals surface area contributed by atoms with E-state index in [-0.39, 0.29) is 11.1 Å². The first-order chi connectivity index (χ1) is 11.7. The summed E-state index contributed by atoms with van der Waals surface area (Å²) in [5.41, 5.74) is 0.756. The third-order valence-electron chi connectivity index (χ3n) is 3.18. The lowest BCUT2D eigenvalue weighted by molar-refractivity contribution is -0.121. The summed E-state index contributed by atoms with van der Waals surface area (Å²) in [6.07, 6.45) is 4.53. The zero-order valence-corrected chi connectivity index (χ0v) is 13.4. The number of hydrogen-bond donors (Lipinski definition) is 1. The van der Waals surface area contributed by atoms with Crippen molar-refractivity contribution in [2.75, 3.05) is 6.54 Å². The Morgan fingerprint density at radius 2 is 2.17 bits per heavy atom. The van der Waals surface area contributed by atoms with E-state index in [1.54, 1.807) is 24.5 Å². The summed E-state index contributed by atoms with van der Waals surface area (Å²) in [4.78, 5) is 20.0. The number of aromatic nitrogens is 4. The number of pyridine rings is 1. The van der Waals surface area contributed by atoms with Gasteiger partial charge < -0.3 is 14.4 Å². The fraction of sp³-hybridized carbons (Fsp3) is 0.267. The van der Waals surface area contributed by atoms with Gasteiger partial charge in [0.15, 0.2) is 11.0 Å². The predicted molar refractivity (Wildman–Crippen MR) is 84.1 cm³/mol. The summed E-state index contributed by atoms with van der Waals surface area (Å²) in [7, 11) is 0. The number of halogens is 1. The summed E-state index contributed by atoms with van der Waals surface area (Å²) < 4.78 is 10.1. The molecule has 8 nitrogen and oxygen atoms in total. The van der Waals surface area contributed by atoms with E-state index < -0.39 is 0 Å². The van der Waals surface area contributed by atoms with Crippen LogP contribution < -0.4 is 5.32 Å². The summed E-state index contributed by atoms with van der Waals surface area (Å²) in [6.45, 7) is 0.419. The smallest absolute Gasteiger partial charge is 0.259 e. The van der Waals surface area contributed by atoms with Crippen LogP contribution in [0.25, 0.3) is 11.5 Å².